The Bertz CT molecular complexity index is 1040. The Kier molecular flexibility index (Phi) is 3.38. The molecule has 0 unspecified atom stereocenters. The van der Waals surface area contributed by atoms with Gasteiger partial charge in [0, 0.05) is 35.3 Å². The van der Waals surface area contributed by atoms with Crippen LogP contribution in [0.4, 0.5) is 4.39 Å². The molecule has 1 fully saturated rings. The second kappa shape index (κ2) is 5.62. The molecule has 3 heterocycles. The molecule has 3 aromatic heterocycles. The van der Waals surface area contributed by atoms with E-state index in [4.69, 9.17) is 0 Å². The number of thiazole rings is 1. The molecule has 5 rings (SSSR count). The summed E-state index contributed by atoms with van der Waals surface area (Å²) in [6.07, 6.45) is 10.4. The SMILES string of the molecule is Cn1cc2cc(-c3nc4sc(C5CCCCC5)cn4n3)cc(F)c2n1. The first-order chi connectivity index (χ1) is 12.2. The van der Waals surface area contributed by atoms with Crippen molar-refractivity contribution in [3.05, 3.63) is 35.2 Å². The molecule has 0 amide bonds. The maximum absolute atomic E-state index is 14.3. The zero-order valence-electron chi connectivity index (χ0n) is 13.9. The quantitative estimate of drug-likeness (QED) is 0.531. The van der Waals surface area contributed by atoms with Crippen molar-refractivity contribution in [2.45, 2.75) is 38.0 Å². The molecule has 1 aromatic carbocycles. The summed E-state index contributed by atoms with van der Waals surface area (Å²) in [6, 6.07) is 3.36. The standard InChI is InChI=1S/C18H18FN5S/c1-23-9-13-7-12(8-14(19)16(13)21-23)17-20-18-24(22-17)10-15(25-18)11-5-3-2-4-6-11/h7-11H,2-6H2,1H3. The maximum Gasteiger partial charge on any atom is 0.212 e. The van der Waals surface area contributed by atoms with Crippen molar-refractivity contribution in [1.29, 1.82) is 0 Å². The average molecular weight is 355 g/mol. The van der Waals surface area contributed by atoms with E-state index in [0.717, 1.165) is 10.3 Å². The van der Waals surface area contributed by atoms with E-state index in [1.54, 1.807) is 23.1 Å². The molecule has 0 atom stereocenters. The van der Waals surface area contributed by atoms with Crippen molar-refractivity contribution in [2.24, 2.45) is 7.05 Å². The minimum atomic E-state index is -0.339. The fourth-order valence-corrected chi connectivity index (χ4v) is 4.84. The topological polar surface area (TPSA) is 48.0 Å². The fraction of sp³-hybridized carbons (Fsp3) is 0.389. The van der Waals surface area contributed by atoms with Crippen molar-refractivity contribution in [3.63, 3.8) is 0 Å². The van der Waals surface area contributed by atoms with Crippen LogP contribution in [0.5, 0.6) is 0 Å². The second-order valence-corrected chi connectivity index (χ2v) is 7.87. The third-order valence-corrected chi connectivity index (χ3v) is 6.14. The molecule has 25 heavy (non-hydrogen) atoms. The van der Waals surface area contributed by atoms with Gasteiger partial charge in [0.15, 0.2) is 11.6 Å². The Morgan fingerprint density at radius 3 is 2.76 bits per heavy atom. The van der Waals surface area contributed by atoms with E-state index in [-0.39, 0.29) is 5.82 Å². The second-order valence-electron chi connectivity index (χ2n) is 6.83. The smallest absolute Gasteiger partial charge is 0.212 e. The predicted molar refractivity (Wildman–Crippen MR) is 96.4 cm³/mol. The lowest BCUT2D eigenvalue weighted by Gasteiger charge is -2.19. The van der Waals surface area contributed by atoms with E-state index < -0.39 is 0 Å². The highest BCUT2D eigenvalue weighted by Gasteiger charge is 2.20. The highest BCUT2D eigenvalue weighted by molar-refractivity contribution is 7.17. The number of rotatable bonds is 2. The van der Waals surface area contributed by atoms with Crippen LogP contribution in [0.3, 0.4) is 0 Å². The number of nitrogens with zero attached hydrogens (tertiary/aromatic N) is 5. The average Bonchev–Trinajstić information content (AvgIpc) is 3.27. The molecule has 0 saturated heterocycles. The summed E-state index contributed by atoms with van der Waals surface area (Å²) in [5.74, 6) is 0.870. The van der Waals surface area contributed by atoms with Gasteiger partial charge in [-0.2, -0.15) is 10.1 Å². The number of halogens is 1. The Morgan fingerprint density at radius 2 is 1.96 bits per heavy atom. The van der Waals surface area contributed by atoms with Gasteiger partial charge in [-0.1, -0.05) is 30.6 Å². The summed E-state index contributed by atoms with van der Waals surface area (Å²) in [7, 11) is 1.79. The van der Waals surface area contributed by atoms with Gasteiger partial charge in [0.1, 0.15) is 5.52 Å². The number of hydrogen-bond acceptors (Lipinski definition) is 4. The van der Waals surface area contributed by atoms with Crippen LogP contribution >= 0.6 is 11.3 Å². The van der Waals surface area contributed by atoms with E-state index in [0.29, 0.717) is 22.8 Å². The predicted octanol–water partition coefficient (Wildman–Crippen LogP) is 4.53. The first kappa shape index (κ1) is 15.0. The van der Waals surface area contributed by atoms with Gasteiger partial charge in [0.25, 0.3) is 0 Å². The number of hydrogen-bond donors (Lipinski definition) is 0. The third-order valence-electron chi connectivity index (χ3n) is 5.00. The molecule has 1 saturated carbocycles. The zero-order chi connectivity index (χ0) is 17.0. The van der Waals surface area contributed by atoms with E-state index >= 15 is 0 Å². The van der Waals surface area contributed by atoms with E-state index in [1.807, 2.05) is 16.8 Å². The van der Waals surface area contributed by atoms with Gasteiger partial charge in [0.05, 0.1) is 0 Å². The van der Waals surface area contributed by atoms with Crippen LogP contribution in [-0.4, -0.2) is 24.4 Å². The van der Waals surface area contributed by atoms with Gasteiger partial charge in [-0.25, -0.2) is 8.91 Å². The van der Waals surface area contributed by atoms with Gasteiger partial charge in [-0.3, -0.25) is 4.68 Å². The van der Waals surface area contributed by atoms with Crippen LogP contribution < -0.4 is 0 Å². The normalized spacial score (nSPS) is 16.2. The van der Waals surface area contributed by atoms with Crippen molar-refractivity contribution in [1.82, 2.24) is 24.4 Å². The summed E-state index contributed by atoms with van der Waals surface area (Å²) in [5, 5.41) is 9.48. The Morgan fingerprint density at radius 1 is 1.12 bits per heavy atom. The molecular weight excluding hydrogens is 337 g/mol. The third kappa shape index (κ3) is 2.54. The van der Waals surface area contributed by atoms with E-state index in [2.05, 4.69) is 21.4 Å². The summed E-state index contributed by atoms with van der Waals surface area (Å²) in [5.41, 5.74) is 1.07. The van der Waals surface area contributed by atoms with Gasteiger partial charge in [-0.15, -0.1) is 5.10 Å². The summed E-state index contributed by atoms with van der Waals surface area (Å²) >= 11 is 1.71. The Balaban J connectivity index is 1.53. The van der Waals surface area contributed by atoms with Gasteiger partial charge in [0.2, 0.25) is 4.96 Å². The molecule has 5 nitrogen and oxygen atoms in total. The Labute approximate surface area is 148 Å². The van der Waals surface area contributed by atoms with Crippen LogP contribution in [0, 0.1) is 5.82 Å². The van der Waals surface area contributed by atoms with Gasteiger partial charge >= 0.3 is 0 Å². The van der Waals surface area contributed by atoms with Crippen molar-refractivity contribution in [3.8, 4) is 11.4 Å². The number of aromatic nitrogens is 5. The van der Waals surface area contributed by atoms with Crippen LogP contribution in [0.15, 0.2) is 24.5 Å². The summed E-state index contributed by atoms with van der Waals surface area (Å²) < 4.78 is 17.8. The zero-order valence-corrected chi connectivity index (χ0v) is 14.8. The van der Waals surface area contributed by atoms with Gasteiger partial charge in [-0.05, 0) is 30.9 Å². The molecule has 128 valence electrons. The summed E-state index contributed by atoms with van der Waals surface area (Å²) in [4.78, 5) is 6.88. The lowest BCUT2D eigenvalue weighted by molar-refractivity contribution is 0.447. The highest BCUT2D eigenvalue weighted by atomic mass is 32.1. The Hall–Kier alpha value is -2.28. The summed E-state index contributed by atoms with van der Waals surface area (Å²) in [6.45, 7) is 0. The van der Waals surface area contributed by atoms with Crippen molar-refractivity contribution in [2.75, 3.05) is 0 Å². The lowest BCUT2D eigenvalue weighted by atomic mass is 9.89. The molecule has 0 aliphatic heterocycles. The largest absolute Gasteiger partial charge is 0.274 e. The lowest BCUT2D eigenvalue weighted by Crippen LogP contribution is -2.02. The maximum atomic E-state index is 14.3. The number of benzene rings is 1. The number of fused-ring (bicyclic) bond motifs is 2. The minimum absolute atomic E-state index is 0.339. The highest BCUT2D eigenvalue weighted by Crippen LogP contribution is 2.36. The molecule has 0 spiro atoms. The van der Waals surface area contributed by atoms with E-state index in [9.17, 15) is 4.39 Å². The fourth-order valence-electron chi connectivity index (χ4n) is 3.75. The molecule has 0 N–H and O–H groups in total. The molecule has 0 radical (unpaired) electrons. The first-order valence-electron chi connectivity index (χ1n) is 8.67. The molecule has 7 heteroatoms. The molecule has 4 aromatic rings. The first-order valence-corrected chi connectivity index (χ1v) is 9.48. The van der Waals surface area contributed by atoms with Crippen LogP contribution in [-0.2, 0) is 7.05 Å². The molecule has 1 aliphatic rings. The van der Waals surface area contributed by atoms with Crippen LogP contribution in [0.25, 0.3) is 27.3 Å². The van der Waals surface area contributed by atoms with Gasteiger partial charge < -0.3 is 0 Å². The van der Waals surface area contributed by atoms with Crippen LogP contribution in [0.2, 0.25) is 0 Å². The molecular formula is C18H18FN5S. The number of aryl methyl sites for hydroxylation is 1. The molecule has 0 bridgehead atoms. The van der Waals surface area contributed by atoms with Crippen molar-refractivity contribution >= 4 is 27.2 Å². The van der Waals surface area contributed by atoms with Crippen LogP contribution in [0.1, 0.15) is 42.9 Å². The van der Waals surface area contributed by atoms with E-state index in [1.165, 1.54) is 43.0 Å². The monoisotopic (exact) mass is 355 g/mol. The van der Waals surface area contributed by atoms with Crippen molar-refractivity contribution < 1.29 is 4.39 Å². The molecule has 1 aliphatic carbocycles. The minimum Gasteiger partial charge on any atom is -0.274 e.